The monoisotopic (exact) mass is 287 g/mol. The summed E-state index contributed by atoms with van der Waals surface area (Å²) in [5, 5.41) is 4.45. The molecule has 21 heavy (non-hydrogen) atoms. The minimum Gasteiger partial charge on any atom is -0.491 e. The molecule has 2 N–H and O–H groups in total. The van der Waals surface area contributed by atoms with Gasteiger partial charge in [0.1, 0.15) is 17.3 Å². The number of anilines is 1. The third kappa shape index (κ3) is 3.24. The molecular formula is C16H21N3O2. The zero-order valence-corrected chi connectivity index (χ0v) is 12.7. The highest BCUT2D eigenvalue weighted by Gasteiger charge is 2.16. The van der Waals surface area contributed by atoms with Crippen LogP contribution < -0.4 is 10.5 Å². The number of rotatable bonds is 6. The minimum atomic E-state index is 0.126. The van der Waals surface area contributed by atoms with E-state index in [9.17, 15) is 4.79 Å². The number of nitrogens with two attached hydrogens (primary N) is 1. The second-order valence-corrected chi connectivity index (χ2v) is 5.18. The number of hydrogen-bond acceptors (Lipinski definition) is 4. The van der Waals surface area contributed by atoms with Crippen LogP contribution in [0, 0.1) is 0 Å². The van der Waals surface area contributed by atoms with Crippen LogP contribution in [-0.2, 0) is 6.54 Å². The molecule has 1 aromatic heterocycles. The first-order valence-electron chi connectivity index (χ1n) is 7.15. The van der Waals surface area contributed by atoms with Gasteiger partial charge in [0.25, 0.3) is 0 Å². The maximum Gasteiger partial charge on any atom is 0.156 e. The Bertz CT molecular complexity index is 615. The molecule has 2 rings (SSSR count). The van der Waals surface area contributed by atoms with Crippen LogP contribution in [0.5, 0.6) is 5.75 Å². The summed E-state index contributed by atoms with van der Waals surface area (Å²) >= 11 is 0. The second kappa shape index (κ2) is 6.43. The van der Waals surface area contributed by atoms with Crippen molar-refractivity contribution in [3.8, 4) is 17.0 Å². The van der Waals surface area contributed by atoms with E-state index in [1.165, 1.54) is 0 Å². The third-order valence-corrected chi connectivity index (χ3v) is 3.08. The van der Waals surface area contributed by atoms with E-state index in [-0.39, 0.29) is 6.10 Å². The Balaban J connectivity index is 2.37. The number of ether oxygens (including phenoxy) is 1. The number of nitrogens with zero attached hydrogens (tertiary/aromatic N) is 2. The lowest BCUT2D eigenvalue weighted by molar-refractivity contribution is 0.112. The molecule has 0 fully saturated rings. The van der Waals surface area contributed by atoms with Gasteiger partial charge in [0.05, 0.1) is 11.7 Å². The number of nitrogen functional groups attached to an aromatic ring is 1. The van der Waals surface area contributed by atoms with Gasteiger partial charge in [-0.3, -0.25) is 4.79 Å². The molecule has 0 spiro atoms. The third-order valence-electron chi connectivity index (χ3n) is 3.08. The first-order valence-corrected chi connectivity index (χ1v) is 7.15. The van der Waals surface area contributed by atoms with Crippen LogP contribution in [0.4, 0.5) is 5.82 Å². The molecule has 0 unspecified atom stereocenters. The number of benzene rings is 1. The van der Waals surface area contributed by atoms with Gasteiger partial charge < -0.3 is 10.5 Å². The van der Waals surface area contributed by atoms with Crippen LogP contribution in [-0.4, -0.2) is 22.2 Å². The van der Waals surface area contributed by atoms with Gasteiger partial charge in [-0.05, 0) is 44.5 Å². The van der Waals surface area contributed by atoms with Gasteiger partial charge in [-0.2, -0.15) is 5.10 Å². The van der Waals surface area contributed by atoms with Crippen molar-refractivity contribution in [2.75, 3.05) is 5.73 Å². The lowest BCUT2D eigenvalue weighted by atomic mass is 10.1. The molecule has 0 saturated carbocycles. The normalized spacial score (nSPS) is 10.9. The number of aromatic nitrogens is 2. The quantitative estimate of drug-likeness (QED) is 0.829. The van der Waals surface area contributed by atoms with E-state index >= 15 is 0 Å². The molecule has 5 heteroatoms. The summed E-state index contributed by atoms with van der Waals surface area (Å²) in [5.74, 6) is 1.21. The van der Waals surface area contributed by atoms with Crippen LogP contribution >= 0.6 is 0 Å². The molecular weight excluding hydrogens is 266 g/mol. The number of aldehydes is 1. The van der Waals surface area contributed by atoms with E-state index in [1.54, 1.807) is 4.68 Å². The SMILES string of the molecule is CCCn1nc(-c2ccc(OC(C)C)cc2)c(C=O)c1N. The summed E-state index contributed by atoms with van der Waals surface area (Å²) in [6.45, 7) is 6.69. The fourth-order valence-corrected chi connectivity index (χ4v) is 2.16. The van der Waals surface area contributed by atoms with Crippen LogP contribution in [0.15, 0.2) is 24.3 Å². The van der Waals surface area contributed by atoms with Crippen molar-refractivity contribution in [1.29, 1.82) is 0 Å². The second-order valence-electron chi connectivity index (χ2n) is 5.18. The maximum atomic E-state index is 11.3. The van der Waals surface area contributed by atoms with Crippen LogP contribution in [0.25, 0.3) is 11.3 Å². The maximum absolute atomic E-state index is 11.3. The van der Waals surface area contributed by atoms with Gasteiger partial charge in [0, 0.05) is 12.1 Å². The predicted octanol–water partition coefficient (Wildman–Crippen LogP) is 3.14. The van der Waals surface area contributed by atoms with E-state index in [0.717, 1.165) is 24.0 Å². The molecule has 0 aliphatic carbocycles. The Kier molecular flexibility index (Phi) is 4.62. The molecule has 0 saturated heterocycles. The minimum absolute atomic E-state index is 0.126. The largest absolute Gasteiger partial charge is 0.491 e. The summed E-state index contributed by atoms with van der Waals surface area (Å²) < 4.78 is 7.29. The Morgan fingerprint density at radius 2 is 2.00 bits per heavy atom. The molecule has 0 radical (unpaired) electrons. The zero-order valence-electron chi connectivity index (χ0n) is 12.7. The molecule has 0 atom stereocenters. The highest BCUT2D eigenvalue weighted by molar-refractivity contribution is 5.91. The van der Waals surface area contributed by atoms with Crippen molar-refractivity contribution < 1.29 is 9.53 Å². The number of aryl methyl sites for hydroxylation is 1. The molecule has 5 nitrogen and oxygen atoms in total. The van der Waals surface area contributed by atoms with Gasteiger partial charge in [-0.1, -0.05) is 6.92 Å². The summed E-state index contributed by atoms with van der Waals surface area (Å²) in [4.78, 5) is 11.3. The summed E-state index contributed by atoms with van der Waals surface area (Å²) in [6.07, 6.45) is 1.80. The molecule has 0 aliphatic heterocycles. The topological polar surface area (TPSA) is 70.1 Å². The zero-order chi connectivity index (χ0) is 15.4. The molecule has 0 amide bonds. The molecule has 0 bridgehead atoms. The first-order chi connectivity index (χ1) is 10.1. The van der Waals surface area contributed by atoms with E-state index < -0.39 is 0 Å². The fraction of sp³-hybridized carbons (Fsp3) is 0.375. The summed E-state index contributed by atoms with van der Waals surface area (Å²) in [5.41, 5.74) is 7.90. The van der Waals surface area contributed by atoms with E-state index in [1.807, 2.05) is 45.0 Å². The first kappa shape index (κ1) is 15.1. The Labute approximate surface area is 124 Å². The van der Waals surface area contributed by atoms with Gasteiger partial charge >= 0.3 is 0 Å². The average molecular weight is 287 g/mol. The number of carbonyl (C=O) groups excluding carboxylic acids is 1. The highest BCUT2D eigenvalue weighted by Crippen LogP contribution is 2.27. The van der Waals surface area contributed by atoms with E-state index in [0.29, 0.717) is 23.6 Å². The smallest absolute Gasteiger partial charge is 0.156 e. The fourth-order valence-electron chi connectivity index (χ4n) is 2.16. The molecule has 1 heterocycles. The summed E-state index contributed by atoms with van der Waals surface area (Å²) in [7, 11) is 0. The lowest BCUT2D eigenvalue weighted by Gasteiger charge is -2.09. The van der Waals surface area contributed by atoms with Crippen LogP contribution in [0.1, 0.15) is 37.6 Å². The predicted molar refractivity (Wildman–Crippen MR) is 83.5 cm³/mol. The number of carbonyl (C=O) groups is 1. The lowest BCUT2D eigenvalue weighted by Crippen LogP contribution is -2.05. The average Bonchev–Trinajstić information content (AvgIpc) is 2.76. The van der Waals surface area contributed by atoms with Gasteiger partial charge in [-0.25, -0.2) is 4.68 Å². The molecule has 1 aromatic carbocycles. The van der Waals surface area contributed by atoms with Crippen molar-refractivity contribution >= 4 is 12.1 Å². The van der Waals surface area contributed by atoms with Crippen LogP contribution in [0.3, 0.4) is 0 Å². The van der Waals surface area contributed by atoms with E-state index in [2.05, 4.69) is 5.10 Å². The van der Waals surface area contributed by atoms with Crippen molar-refractivity contribution in [1.82, 2.24) is 9.78 Å². The summed E-state index contributed by atoms with van der Waals surface area (Å²) in [6, 6.07) is 7.53. The van der Waals surface area contributed by atoms with Gasteiger partial charge in [-0.15, -0.1) is 0 Å². The van der Waals surface area contributed by atoms with Crippen molar-refractivity contribution in [2.24, 2.45) is 0 Å². The Morgan fingerprint density at radius 1 is 1.33 bits per heavy atom. The number of hydrogen-bond donors (Lipinski definition) is 1. The van der Waals surface area contributed by atoms with Crippen LogP contribution in [0.2, 0.25) is 0 Å². The van der Waals surface area contributed by atoms with E-state index in [4.69, 9.17) is 10.5 Å². The van der Waals surface area contributed by atoms with Crippen molar-refractivity contribution in [3.05, 3.63) is 29.8 Å². The molecule has 112 valence electrons. The Morgan fingerprint density at radius 3 is 2.52 bits per heavy atom. The molecule has 2 aromatic rings. The van der Waals surface area contributed by atoms with Crippen molar-refractivity contribution in [2.45, 2.75) is 39.8 Å². The van der Waals surface area contributed by atoms with Gasteiger partial charge in [0.15, 0.2) is 6.29 Å². The Hall–Kier alpha value is -2.30. The highest BCUT2D eigenvalue weighted by atomic mass is 16.5. The molecule has 0 aliphatic rings. The van der Waals surface area contributed by atoms with Crippen molar-refractivity contribution in [3.63, 3.8) is 0 Å². The standard InChI is InChI=1S/C16H21N3O2/c1-4-9-19-16(17)14(10-20)15(18-19)12-5-7-13(8-6-12)21-11(2)3/h5-8,10-11H,4,9,17H2,1-3H3. The van der Waals surface area contributed by atoms with Gasteiger partial charge in [0.2, 0.25) is 0 Å².